The van der Waals surface area contributed by atoms with Crippen LogP contribution in [0.1, 0.15) is 49.2 Å². The van der Waals surface area contributed by atoms with E-state index in [2.05, 4.69) is 20.9 Å². The topological polar surface area (TPSA) is 84.0 Å². The molecule has 0 spiro atoms. The maximum absolute atomic E-state index is 12.4. The molecule has 2 aromatic carbocycles. The first-order valence-electron chi connectivity index (χ1n) is 10.7. The van der Waals surface area contributed by atoms with Crippen molar-refractivity contribution in [3.8, 4) is 11.5 Å². The van der Waals surface area contributed by atoms with Crippen LogP contribution < -0.4 is 25.4 Å². The van der Waals surface area contributed by atoms with Gasteiger partial charge in [-0.25, -0.2) is 4.99 Å². The molecule has 0 aliphatic carbocycles. The Bertz CT molecular complexity index is 935. The number of ether oxygens (including phenoxy) is 2. The molecule has 166 valence electrons. The lowest BCUT2D eigenvalue weighted by atomic mass is 10.1. The number of rotatable bonds is 7. The molecule has 0 saturated heterocycles. The highest BCUT2D eigenvalue weighted by Gasteiger charge is 2.15. The van der Waals surface area contributed by atoms with Gasteiger partial charge in [0, 0.05) is 24.2 Å². The van der Waals surface area contributed by atoms with Crippen molar-refractivity contribution in [1.29, 1.82) is 0 Å². The van der Waals surface area contributed by atoms with Crippen molar-refractivity contribution in [3.05, 3.63) is 59.2 Å². The predicted molar refractivity (Wildman–Crippen MR) is 123 cm³/mol. The molecule has 7 heteroatoms. The Labute approximate surface area is 184 Å². The molecular weight excluding hydrogens is 392 g/mol. The molecule has 2 aromatic rings. The van der Waals surface area contributed by atoms with Crippen LogP contribution in [-0.4, -0.2) is 37.3 Å². The lowest BCUT2D eigenvalue weighted by Crippen LogP contribution is -2.40. The maximum atomic E-state index is 12.4. The number of carbonyl (C=O) groups is 1. The van der Waals surface area contributed by atoms with Crippen molar-refractivity contribution in [1.82, 2.24) is 16.0 Å². The van der Waals surface area contributed by atoms with Gasteiger partial charge < -0.3 is 25.4 Å². The lowest BCUT2D eigenvalue weighted by Gasteiger charge is -2.20. The van der Waals surface area contributed by atoms with Gasteiger partial charge in [-0.15, -0.1) is 0 Å². The van der Waals surface area contributed by atoms with Crippen LogP contribution in [0.15, 0.2) is 47.5 Å². The molecule has 3 N–H and O–H groups in total. The molecule has 0 fully saturated rings. The molecule has 7 nitrogen and oxygen atoms in total. The molecule has 0 unspecified atom stereocenters. The van der Waals surface area contributed by atoms with Crippen LogP contribution in [0.25, 0.3) is 0 Å². The fraction of sp³-hybridized carbons (Fsp3) is 0.417. The highest BCUT2D eigenvalue weighted by atomic mass is 16.7. The number of aliphatic imine (C=N–C) groups is 1. The highest BCUT2D eigenvalue weighted by Crippen LogP contribution is 2.32. The quantitative estimate of drug-likeness (QED) is 0.469. The van der Waals surface area contributed by atoms with E-state index in [0.717, 1.165) is 42.5 Å². The lowest BCUT2D eigenvalue weighted by molar-refractivity contribution is 0.0919. The number of amides is 1. The normalized spacial score (nSPS) is 13.1. The van der Waals surface area contributed by atoms with Gasteiger partial charge in [-0.1, -0.05) is 18.2 Å². The number of hydrogen-bond acceptors (Lipinski definition) is 4. The van der Waals surface area contributed by atoms with Crippen LogP contribution in [0.5, 0.6) is 11.5 Å². The van der Waals surface area contributed by atoms with E-state index in [1.54, 1.807) is 0 Å². The van der Waals surface area contributed by atoms with Gasteiger partial charge in [0.15, 0.2) is 17.5 Å². The number of hydrogen-bond donors (Lipinski definition) is 3. The molecule has 31 heavy (non-hydrogen) atoms. The number of carbonyl (C=O) groups excluding carboxylic acids is 1. The van der Waals surface area contributed by atoms with Crippen molar-refractivity contribution < 1.29 is 14.3 Å². The largest absolute Gasteiger partial charge is 0.454 e. The van der Waals surface area contributed by atoms with Gasteiger partial charge in [-0.2, -0.15) is 0 Å². The Kier molecular flexibility index (Phi) is 7.39. The fourth-order valence-corrected chi connectivity index (χ4v) is 3.16. The van der Waals surface area contributed by atoms with Crippen LogP contribution in [0.3, 0.4) is 0 Å². The summed E-state index contributed by atoms with van der Waals surface area (Å²) in [6, 6.07) is 13.6. The minimum absolute atomic E-state index is 0.0768. The van der Waals surface area contributed by atoms with Crippen molar-refractivity contribution in [2.24, 2.45) is 4.99 Å². The Balaban J connectivity index is 1.56. The average molecular weight is 425 g/mol. The van der Waals surface area contributed by atoms with Crippen molar-refractivity contribution in [3.63, 3.8) is 0 Å². The Morgan fingerprint density at radius 2 is 1.84 bits per heavy atom. The van der Waals surface area contributed by atoms with Crippen molar-refractivity contribution in [2.75, 3.05) is 19.9 Å². The number of guanidine groups is 1. The van der Waals surface area contributed by atoms with Gasteiger partial charge in [0.2, 0.25) is 6.79 Å². The summed E-state index contributed by atoms with van der Waals surface area (Å²) < 4.78 is 10.8. The van der Waals surface area contributed by atoms with E-state index < -0.39 is 0 Å². The molecule has 1 amide bonds. The Hall–Kier alpha value is -3.22. The minimum atomic E-state index is -0.272. The highest BCUT2D eigenvalue weighted by molar-refractivity contribution is 5.94. The first-order chi connectivity index (χ1) is 14.8. The van der Waals surface area contributed by atoms with E-state index in [0.29, 0.717) is 12.1 Å². The van der Waals surface area contributed by atoms with Crippen LogP contribution in [0, 0.1) is 0 Å². The van der Waals surface area contributed by atoms with Crippen molar-refractivity contribution in [2.45, 2.75) is 46.2 Å². The van der Waals surface area contributed by atoms with Crippen LogP contribution >= 0.6 is 0 Å². The molecule has 0 bridgehead atoms. The Morgan fingerprint density at radius 3 is 2.61 bits per heavy atom. The molecule has 0 aromatic heterocycles. The molecule has 1 aliphatic heterocycles. The zero-order valence-electron chi connectivity index (χ0n) is 18.7. The zero-order chi connectivity index (χ0) is 22.3. The zero-order valence-corrected chi connectivity index (χ0v) is 18.7. The van der Waals surface area contributed by atoms with Gasteiger partial charge in [-0.05, 0) is 69.5 Å². The third-order valence-corrected chi connectivity index (χ3v) is 4.58. The first kappa shape index (κ1) is 22.5. The van der Waals surface area contributed by atoms with E-state index in [1.807, 2.05) is 70.2 Å². The SMILES string of the molecule is CCNC(=NCc1cccc(C(=O)NC(C)(C)C)c1)NCCc1ccc2c(c1)OCO2. The van der Waals surface area contributed by atoms with Crippen molar-refractivity contribution >= 4 is 11.9 Å². The second kappa shape index (κ2) is 10.2. The summed E-state index contributed by atoms with van der Waals surface area (Å²) in [6.07, 6.45) is 0.837. The van der Waals surface area contributed by atoms with Gasteiger partial charge in [-0.3, -0.25) is 4.79 Å². The number of fused-ring (bicyclic) bond motifs is 1. The van der Waals surface area contributed by atoms with Gasteiger partial charge in [0.1, 0.15) is 0 Å². The van der Waals surface area contributed by atoms with Crippen LogP contribution in [0.2, 0.25) is 0 Å². The molecule has 0 saturated carbocycles. The average Bonchev–Trinajstić information content (AvgIpc) is 3.19. The predicted octanol–water partition coefficient (Wildman–Crippen LogP) is 3.24. The summed E-state index contributed by atoms with van der Waals surface area (Å²) in [7, 11) is 0. The second-order valence-corrected chi connectivity index (χ2v) is 8.46. The van der Waals surface area contributed by atoms with Crippen LogP contribution in [0.4, 0.5) is 0 Å². The number of benzene rings is 2. The molecule has 3 rings (SSSR count). The fourth-order valence-electron chi connectivity index (χ4n) is 3.16. The molecular formula is C24H32N4O3. The molecule has 1 aliphatic rings. The first-order valence-corrected chi connectivity index (χ1v) is 10.7. The molecule has 0 atom stereocenters. The van der Waals surface area contributed by atoms with Gasteiger partial charge in [0.05, 0.1) is 6.54 Å². The summed E-state index contributed by atoms with van der Waals surface area (Å²) in [6.45, 7) is 10.2. The summed E-state index contributed by atoms with van der Waals surface area (Å²) in [5.41, 5.74) is 2.52. The number of nitrogens with zero attached hydrogens (tertiary/aromatic N) is 1. The van der Waals surface area contributed by atoms with Gasteiger partial charge in [0.25, 0.3) is 5.91 Å². The molecule has 0 radical (unpaired) electrons. The third-order valence-electron chi connectivity index (χ3n) is 4.58. The second-order valence-electron chi connectivity index (χ2n) is 8.46. The maximum Gasteiger partial charge on any atom is 0.251 e. The van der Waals surface area contributed by atoms with Crippen LogP contribution in [-0.2, 0) is 13.0 Å². The summed E-state index contributed by atoms with van der Waals surface area (Å²) in [5.74, 6) is 2.26. The summed E-state index contributed by atoms with van der Waals surface area (Å²) in [4.78, 5) is 17.1. The third kappa shape index (κ3) is 6.91. The molecule has 1 heterocycles. The smallest absolute Gasteiger partial charge is 0.251 e. The van der Waals surface area contributed by atoms with Gasteiger partial charge >= 0.3 is 0 Å². The standard InChI is InChI=1S/C24H32N4O3/c1-5-25-23(26-12-11-17-9-10-20-21(14-17)31-16-30-20)27-15-18-7-6-8-19(13-18)22(29)28-24(2,3)4/h6-10,13-14H,5,11-12,15-16H2,1-4H3,(H,28,29)(H2,25,26,27). The number of nitrogens with one attached hydrogen (secondary N) is 3. The van der Waals surface area contributed by atoms with E-state index in [4.69, 9.17) is 9.47 Å². The van der Waals surface area contributed by atoms with E-state index >= 15 is 0 Å². The Morgan fingerprint density at radius 1 is 1.03 bits per heavy atom. The monoisotopic (exact) mass is 424 g/mol. The summed E-state index contributed by atoms with van der Waals surface area (Å²) >= 11 is 0. The van der Waals surface area contributed by atoms with E-state index in [-0.39, 0.29) is 18.2 Å². The summed E-state index contributed by atoms with van der Waals surface area (Å²) in [5, 5.41) is 9.62. The van der Waals surface area contributed by atoms with E-state index in [1.165, 1.54) is 5.56 Å². The van der Waals surface area contributed by atoms with E-state index in [9.17, 15) is 4.79 Å². The minimum Gasteiger partial charge on any atom is -0.454 e.